The number of aromatic nitrogens is 2. The summed E-state index contributed by atoms with van der Waals surface area (Å²) in [7, 11) is 4.04. The van der Waals surface area contributed by atoms with E-state index in [0.29, 0.717) is 18.0 Å². The van der Waals surface area contributed by atoms with Gasteiger partial charge < -0.3 is 26.1 Å². The predicted octanol–water partition coefficient (Wildman–Crippen LogP) is 2.33. The van der Waals surface area contributed by atoms with Gasteiger partial charge >= 0.3 is 0 Å². The van der Waals surface area contributed by atoms with Crippen molar-refractivity contribution in [1.82, 2.24) is 14.9 Å². The van der Waals surface area contributed by atoms with Crippen LogP contribution in [0.3, 0.4) is 0 Å². The molecule has 0 radical (unpaired) electrons. The van der Waals surface area contributed by atoms with E-state index in [4.69, 9.17) is 16.2 Å². The van der Waals surface area contributed by atoms with Crippen molar-refractivity contribution in [2.75, 3.05) is 38.7 Å². The fourth-order valence-corrected chi connectivity index (χ4v) is 2.28. The molecule has 0 saturated carbocycles. The van der Waals surface area contributed by atoms with E-state index in [1.54, 1.807) is 6.07 Å². The van der Waals surface area contributed by atoms with Gasteiger partial charge in [0.1, 0.15) is 18.2 Å². The highest BCUT2D eigenvalue weighted by molar-refractivity contribution is 5.82. The van der Waals surface area contributed by atoms with Crippen molar-refractivity contribution in [3.8, 4) is 17.1 Å². The summed E-state index contributed by atoms with van der Waals surface area (Å²) in [6.45, 7) is 1.52. The first-order valence-electron chi connectivity index (χ1n) is 7.45. The van der Waals surface area contributed by atoms with E-state index in [1.807, 2.05) is 44.4 Å². The summed E-state index contributed by atoms with van der Waals surface area (Å²) in [5, 5.41) is 0. The van der Waals surface area contributed by atoms with Crippen LogP contribution < -0.4 is 16.2 Å². The predicted molar refractivity (Wildman–Crippen MR) is 94.4 cm³/mol. The molecule has 0 aliphatic carbocycles. The minimum absolute atomic E-state index is 0.552. The van der Waals surface area contributed by atoms with Crippen LogP contribution in [0.15, 0.2) is 36.4 Å². The molecular weight excluding hydrogens is 290 g/mol. The molecule has 1 aromatic heterocycles. The van der Waals surface area contributed by atoms with Gasteiger partial charge in [0.15, 0.2) is 0 Å². The Morgan fingerprint density at radius 3 is 2.65 bits per heavy atom. The number of hydrogen-bond acceptors (Lipinski definition) is 5. The molecular formula is C17H21N5O. The van der Waals surface area contributed by atoms with Crippen molar-refractivity contribution >= 4 is 22.4 Å². The van der Waals surface area contributed by atoms with Crippen molar-refractivity contribution in [1.29, 1.82) is 0 Å². The zero-order chi connectivity index (χ0) is 16.4. The third-order valence-corrected chi connectivity index (χ3v) is 3.62. The first-order chi connectivity index (χ1) is 11.0. The summed E-state index contributed by atoms with van der Waals surface area (Å²) in [5.74, 6) is 1.59. The summed E-state index contributed by atoms with van der Waals surface area (Å²) in [6, 6.07) is 11.3. The maximum absolute atomic E-state index is 5.86. The Morgan fingerprint density at radius 2 is 1.91 bits per heavy atom. The lowest BCUT2D eigenvalue weighted by atomic mass is 10.1. The van der Waals surface area contributed by atoms with Crippen molar-refractivity contribution in [3.05, 3.63) is 36.4 Å². The molecule has 0 fully saturated rings. The molecule has 3 rings (SSSR count). The van der Waals surface area contributed by atoms with Crippen LogP contribution in [-0.2, 0) is 0 Å². The largest absolute Gasteiger partial charge is 0.492 e. The molecule has 23 heavy (non-hydrogen) atoms. The number of imidazole rings is 1. The van der Waals surface area contributed by atoms with E-state index < -0.39 is 0 Å². The molecule has 0 atom stereocenters. The number of rotatable bonds is 5. The summed E-state index contributed by atoms with van der Waals surface area (Å²) in [6.07, 6.45) is 0. The van der Waals surface area contributed by atoms with Crippen LogP contribution in [0.4, 0.5) is 11.4 Å². The van der Waals surface area contributed by atoms with Crippen LogP contribution in [0, 0.1) is 0 Å². The van der Waals surface area contributed by atoms with Crippen molar-refractivity contribution in [3.63, 3.8) is 0 Å². The van der Waals surface area contributed by atoms with E-state index in [0.717, 1.165) is 34.7 Å². The van der Waals surface area contributed by atoms with E-state index in [1.165, 1.54) is 0 Å². The standard InChI is InChI=1S/C17H21N5O/c1-22(2)7-8-23-12-4-6-15-16(10-12)21-17(20-15)11-3-5-13(18)14(19)9-11/h3-6,9-10H,7-8,18-19H2,1-2H3,(H,20,21). The SMILES string of the molecule is CN(C)CCOc1ccc2nc(-c3ccc(N)c(N)c3)[nH]c2c1. The van der Waals surface area contributed by atoms with Gasteiger partial charge in [0.2, 0.25) is 0 Å². The quantitative estimate of drug-likeness (QED) is 0.629. The lowest BCUT2D eigenvalue weighted by Gasteiger charge is -2.10. The monoisotopic (exact) mass is 311 g/mol. The Hall–Kier alpha value is -2.73. The van der Waals surface area contributed by atoms with E-state index in [2.05, 4.69) is 14.9 Å². The summed E-state index contributed by atoms with van der Waals surface area (Å²) < 4.78 is 5.75. The maximum atomic E-state index is 5.86. The normalized spacial score (nSPS) is 11.3. The Morgan fingerprint density at radius 1 is 1.09 bits per heavy atom. The minimum atomic E-state index is 0.552. The van der Waals surface area contributed by atoms with Crippen LogP contribution in [0.25, 0.3) is 22.4 Å². The second-order valence-electron chi connectivity index (χ2n) is 5.76. The van der Waals surface area contributed by atoms with Gasteiger partial charge in [-0.2, -0.15) is 0 Å². The number of hydrogen-bond donors (Lipinski definition) is 3. The zero-order valence-electron chi connectivity index (χ0n) is 13.3. The fourth-order valence-electron chi connectivity index (χ4n) is 2.28. The Labute approximate surface area is 135 Å². The number of anilines is 2. The van der Waals surface area contributed by atoms with Crippen LogP contribution in [-0.4, -0.2) is 42.1 Å². The van der Waals surface area contributed by atoms with Crippen LogP contribution in [0.1, 0.15) is 0 Å². The highest BCUT2D eigenvalue weighted by atomic mass is 16.5. The van der Waals surface area contributed by atoms with Gasteiger partial charge in [-0.3, -0.25) is 0 Å². The summed E-state index contributed by atoms with van der Waals surface area (Å²) in [5.41, 5.74) is 15.5. The summed E-state index contributed by atoms with van der Waals surface area (Å²) in [4.78, 5) is 9.97. The number of aromatic amines is 1. The second-order valence-corrected chi connectivity index (χ2v) is 5.76. The van der Waals surface area contributed by atoms with Crippen molar-refractivity contribution < 1.29 is 4.74 Å². The van der Waals surface area contributed by atoms with Gasteiger partial charge in [-0.05, 0) is 44.4 Å². The van der Waals surface area contributed by atoms with Gasteiger partial charge in [-0.15, -0.1) is 0 Å². The molecule has 2 aromatic carbocycles. The fraction of sp³-hybridized carbons (Fsp3) is 0.235. The molecule has 120 valence electrons. The Bertz CT molecular complexity index is 825. The highest BCUT2D eigenvalue weighted by Gasteiger charge is 2.08. The lowest BCUT2D eigenvalue weighted by Crippen LogP contribution is -2.19. The topological polar surface area (TPSA) is 93.2 Å². The number of H-pyrrole nitrogens is 1. The number of fused-ring (bicyclic) bond motifs is 1. The molecule has 6 nitrogen and oxygen atoms in total. The molecule has 1 heterocycles. The smallest absolute Gasteiger partial charge is 0.138 e. The zero-order valence-corrected chi connectivity index (χ0v) is 13.3. The Kier molecular flexibility index (Phi) is 4.08. The number of nitrogens with zero attached hydrogens (tertiary/aromatic N) is 2. The van der Waals surface area contributed by atoms with E-state index in [9.17, 15) is 0 Å². The molecule has 0 bridgehead atoms. The number of nitrogen functional groups attached to an aromatic ring is 2. The first-order valence-corrected chi connectivity index (χ1v) is 7.45. The molecule has 0 spiro atoms. The van der Waals surface area contributed by atoms with Crippen molar-refractivity contribution in [2.45, 2.75) is 0 Å². The van der Waals surface area contributed by atoms with Gasteiger partial charge in [-0.1, -0.05) is 0 Å². The van der Waals surface area contributed by atoms with Gasteiger partial charge in [0.25, 0.3) is 0 Å². The third-order valence-electron chi connectivity index (χ3n) is 3.62. The first kappa shape index (κ1) is 15.2. The van der Waals surface area contributed by atoms with Crippen molar-refractivity contribution in [2.24, 2.45) is 0 Å². The third kappa shape index (κ3) is 3.37. The average Bonchev–Trinajstić information content (AvgIpc) is 2.93. The van der Waals surface area contributed by atoms with Gasteiger partial charge in [-0.25, -0.2) is 4.98 Å². The summed E-state index contributed by atoms with van der Waals surface area (Å²) >= 11 is 0. The van der Waals surface area contributed by atoms with Crippen LogP contribution in [0.5, 0.6) is 5.75 Å². The average molecular weight is 311 g/mol. The number of ether oxygens (including phenoxy) is 1. The number of nitrogens with one attached hydrogen (secondary N) is 1. The van der Waals surface area contributed by atoms with Crippen LogP contribution >= 0.6 is 0 Å². The number of benzene rings is 2. The highest BCUT2D eigenvalue weighted by Crippen LogP contribution is 2.26. The maximum Gasteiger partial charge on any atom is 0.138 e. The van der Waals surface area contributed by atoms with E-state index in [-0.39, 0.29) is 0 Å². The molecule has 0 unspecified atom stereocenters. The molecule has 5 N–H and O–H groups in total. The second kappa shape index (κ2) is 6.18. The molecule has 0 aliphatic heterocycles. The molecule has 3 aromatic rings. The molecule has 6 heteroatoms. The molecule has 0 amide bonds. The van der Waals surface area contributed by atoms with Gasteiger partial charge in [0.05, 0.1) is 22.4 Å². The van der Waals surface area contributed by atoms with Gasteiger partial charge in [0, 0.05) is 18.2 Å². The molecule has 0 saturated heterocycles. The Balaban J connectivity index is 1.85. The molecule has 0 aliphatic rings. The number of likely N-dealkylation sites (N-methyl/N-ethyl adjacent to an activating group) is 1. The lowest BCUT2D eigenvalue weighted by molar-refractivity contribution is 0.261. The minimum Gasteiger partial charge on any atom is -0.492 e. The van der Waals surface area contributed by atoms with Crippen LogP contribution in [0.2, 0.25) is 0 Å². The van der Waals surface area contributed by atoms with E-state index >= 15 is 0 Å². The number of nitrogens with two attached hydrogens (primary N) is 2.